The Morgan fingerprint density at radius 3 is 2.46 bits per heavy atom. The molecule has 1 unspecified atom stereocenters. The molecule has 2 N–H and O–H groups in total. The fourth-order valence-electron chi connectivity index (χ4n) is 4.47. The van der Waals surface area contributed by atoms with Crippen molar-refractivity contribution in [3.8, 4) is 23.0 Å². The highest BCUT2D eigenvalue weighted by Gasteiger charge is 2.26. The highest BCUT2D eigenvalue weighted by Crippen LogP contribution is 2.40. The molecule has 1 saturated heterocycles. The van der Waals surface area contributed by atoms with Crippen molar-refractivity contribution in [1.29, 1.82) is 0 Å². The van der Waals surface area contributed by atoms with Gasteiger partial charge in [-0.2, -0.15) is 4.98 Å². The lowest BCUT2D eigenvalue weighted by molar-refractivity contribution is -0.125. The molecule has 2 atom stereocenters. The summed E-state index contributed by atoms with van der Waals surface area (Å²) in [4.78, 5) is 24.1. The topological polar surface area (TPSA) is 107 Å². The number of nitrogens with one attached hydrogen (secondary N) is 2. The predicted molar refractivity (Wildman–Crippen MR) is 146 cm³/mol. The lowest BCUT2D eigenvalue weighted by atomic mass is 9.97. The van der Waals surface area contributed by atoms with Crippen LogP contribution in [0, 0.1) is 5.92 Å². The number of anilines is 3. The van der Waals surface area contributed by atoms with Gasteiger partial charge in [-0.3, -0.25) is 4.79 Å². The number of alkyl halides is 1. The average molecular weight is 540 g/mol. The Balaban J connectivity index is 1.38. The molecular weight excluding hydrogens is 505 g/mol. The normalized spacial score (nSPS) is 15.7. The van der Waals surface area contributed by atoms with E-state index in [-0.39, 0.29) is 11.8 Å². The first-order chi connectivity index (χ1) is 18.9. The van der Waals surface area contributed by atoms with Crippen molar-refractivity contribution >= 4 is 23.4 Å². The van der Waals surface area contributed by atoms with E-state index in [2.05, 4.69) is 25.5 Å². The van der Waals surface area contributed by atoms with Crippen LogP contribution in [0.5, 0.6) is 23.0 Å². The number of methoxy groups -OCH3 is 3. The molecule has 0 saturated carbocycles. The molecule has 11 heteroatoms. The molecule has 39 heavy (non-hydrogen) atoms. The van der Waals surface area contributed by atoms with E-state index < -0.39 is 6.36 Å². The van der Waals surface area contributed by atoms with Gasteiger partial charge in [-0.05, 0) is 36.6 Å². The van der Waals surface area contributed by atoms with Gasteiger partial charge in [0.1, 0.15) is 11.6 Å². The summed E-state index contributed by atoms with van der Waals surface area (Å²) in [7, 11) is 4.66. The van der Waals surface area contributed by atoms with Gasteiger partial charge in [0.2, 0.25) is 24.0 Å². The first-order valence-electron chi connectivity index (χ1n) is 12.7. The first kappa shape index (κ1) is 27.7. The van der Waals surface area contributed by atoms with E-state index in [4.69, 9.17) is 18.9 Å². The number of piperidine rings is 1. The number of carbonyl (C=O) groups is 1. The van der Waals surface area contributed by atoms with Crippen molar-refractivity contribution in [3.63, 3.8) is 0 Å². The summed E-state index contributed by atoms with van der Waals surface area (Å²) in [5, 5.41) is 6.21. The van der Waals surface area contributed by atoms with E-state index in [1.165, 1.54) is 6.92 Å². The van der Waals surface area contributed by atoms with E-state index in [0.717, 1.165) is 30.8 Å². The molecule has 1 fully saturated rings. The Hall–Kier alpha value is -4.28. The molecule has 0 aliphatic carbocycles. The van der Waals surface area contributed by atoms with Crippen molar-refractivity contribution in [2.75, 3.05) is 44.6 Å². The number of carbonyl (C=O) groups excluding carboxylic acids is 1. The lowest BCUT2D eigenvalue weighted by Gasteiger charge is -2.33. The van der Waals surface area contributed by atoms with Crippen molar-refractivity contribution in [1.82, 2.24) is 15.3 Å². The average Bonchev–Trinajstić information content (AvgIpc) is 2.96. The van der Waals surface area contributed by atoms with Crippen LogP contribution >= 0.6 is 0 Å². The van der Waals surface area contributed by atoms with Gasteiger partial charge >= 0.3 is 0 Å². The molecular formula is C28H34FN5O5. The maximum atomic E-state index is 13.0. The van der Waals surface area contributed by atoms with Crippen LogP contribution in [0.2, 0.25) is 0 Å². The zero-order valence-electron chi connectivity index (χ0n) is 22.6. The molecule has 1 aromatic heterocycles. The first-order valence-corrected chi connectivity index (χ1v) is 12.7. The van der Waals surface area contributed by atoms with Gasteiger partial charge in [0.15, 0.2) is 11.5 Å². The number of halogens is 1. The molecule has 2 heterocycles. The van der Waals surface area contributed by atoms with E-state index in [1.54, 1.807) is 51.8 Å². The molecule has 1 aliphatic heterocycles. The fourth-order valence-corrected chi connectivity index (χ4v) is 4.47. The fraction of sp³-hybridized carbons (Fsp3) is 0.393. The van der Waals surface area contributed by atoms with Crippen LogP contribution in [0.1, 0.15) is 25.3 Å². The zero-order valence-corrected chi connectivity index (χ0v) is 22.6. The maximum Gasteiger partial charge on any atom is 0.235 e. The Morgan fingerprint density at radius 2 is 1.82 bits per heavy atom. The van der Waals surface area contributed by atoms with E-state index in [1.807, 2.05) is 18.2 Å². The third-order valence-corrected chi connectivity index (χ3v) is 6.37. The number of rotatable bonds is 11. The summed E-state index contributed by atoms with van der Waals surface area (Å²) in [6.45, 7) is 3.06. The summed E-state index contributed by atoms with van der Waals surface area (Å²) in [6, 6.07) is 12.4. The van der Waals surface area contributed by atoms with Crippen molar-refractivity contribution in [2.24, 2.45) is 5.92 Å². The second kappa shape index (κ2) is 13.0. The molecule has 208 valence electrons. The Kier molecular flexibility index (Phi) is 9.24. The van der Waals surface area contributed by atoms with Crippen molar-refractivity contribution in [3.05, 3.63) is 54.2 Å². The number of amides is 1. The number of hydrogen-bond acceptors (Lipinski definition) is 9. The lowest BCUT2D eigenvalue weighted by Crippen LogP contribution is -2.43. The smallest absolute Gasteiger partial charge is 0.235 e. The van der Waals surface area contributed by atoms with Gasteiger partial charge in [-0.15, -0.1) is 0 Å². The Bertz CT molecular complexity index is 1230. The van der Waals surface area contributed by atoms with Crippen LogP contribution in [0.3, 0.4) is 0 Å². The third-order valence-electron chi connectivity index (χ3n) is 6.37. The molecule has 2 aromatic carbocycles. The Morgan fingerprint density at radius 1 is 1.10 bits per heavy atom. The standard InChI is InChI=1S/C28H34FN5O5/c1-18(29)39-22-9-7-19(8-10-22)16-31-27(35)20-6-5-13-34(17-20)25-11-12-30-28(33-25)32-21-14-23(36-2)26(38-4)24(15-21)37-3/h7-12,14-15,18,20H,5-6,13,16-17H2,1-4H3,(H,31,35)(H,30,32,33)/t18?,20-/m0/s1. The number of hydrogen-bond donors (Lipinski definition) is 2. The minimum Gasteiger partial charge on any atom is -0.493 e. The van der Waals surface area contributed by atoms with E-state index in [9.17, 15) is 9.18 Å². The second-order valence-corrected chi connectivity index (χ2v) is 9.09. The SMILES string of the molecule is COc1cc(Nc2nccc(N3CCC[C@H](C(=O)NCc4ccc(OC(C)F)cc4)C3)n2)cc(OC)c1OC. The summed E-state index contributed by atoms with van der Waals surface area (Å²) >= 11 is 0. The van der Waals surface area contributed by atoms with Crippen molar-refractivity contribution in [2.45, 2.75) is 32.7 Å². The summed E-state index contributed by atoms with van der Waals surface area (Å²) < 4.78 is 34.3. The van der Waals surface area contributed by atoms with E-state index >= 15 is 0 Å². The van der Waals surface area contributed by atoms with Crippen LogP contribution in [0.4, 0.5) is 21.8 Å². The molecule has 0 radical (unpaired) electrons. The summed E-state index contributed by atoms with van der Waals surface area (Å²) in [6.07, 6.45) is 1.97. The molecule has 1 amide bonds. The monoisotopic (exact) mass is 539 g/mol. The van der Waals surface area contributed by atoms with Crippen LogP contribution in [0.15, 0.2) is 48.7 Å². The van der Waals surface area contributed by atoms with Crippen molar-refractivity contribution < 1.29 is 28.1 Å². The van der Waals surface area contributed by atoms with Gasteiger partial charge in [0.05, 0.1) is 27.2 Å². The van der Waals surface area contributed by atoms with Gasteiger partial charge < -0.3 is 34.5 Å². The van der Waals surface area contributed by atoms with Crippen LogP contribution in [0.25, 0.3) is 0 Å². The van der Waals surface area contributed by atoms with Crippen LogP contribution in [-0.4, -0.2) is 56.7 Å². The van der Waals surface area contributed by atoms with Gasteiger partial charge in [0, 0.05) is 50.6 Å². The third kappa shape index (κ3) is 7.18. The summed E-state index contributed by atoms with van der Waals surface area (Å²) in [5.74, 6) is 2.93. The molecule has 1 aliphatic rings. The van der Waals surface area contributed by atoms with E-state index in [0.29, 0.717) is 47.7 Å². The van der Waals surface area contributed by atoms with Gasteiger partial charge in [0.25, 0.3) is 0 Å². The predicted octanol–water partition coefficient (Wildman–Crippen LogP) is 4.47. The minimum absolute atomic E-state index is 0.0118. The molecule has 3 aromatic rings. The van der Waals surface area contributed by atoms with Gasteiger partial charge in [-0.1, -0.05) is 12.1 Å². The maximum absolute atomic E-state index is 13.0. The highest BCUT2D eigenvalue weighted by atomic mass is 19.1. The van der Waals surface area contributed by atoms with Crippen LogP contribution < -0.4 is 34.5 Å². The quantitative estimate of drug-likeness (QED) is 0.365. The molecule has 0 spiro atoms. The zero-order chi connectivity index (χ0) is 27.8. The highest BCUT2D eigenvalue weighted by molar-refractivity contribution is 5.79. The summed E-state index contributed by atoms with van der Waals surface area (Å²) in [5.41, 5.74) is 1.59. The number of ether oxygens (including phenoxy) is 4. The van der Waals surface area contributed by atoms with Gasteiger partial charge in [-0.25, -0.2) is 9.37 Å². The Labute approximate surface area is 227 Å². The largest absolute Gasteiger partial charge is 0.493 e. The molecule has 0 bridgehead atoms. The number of nitrogens with zero attached hydrogens (tertiary/aromatic N) is 3. The molecule has 4 rings (SSSR count). The number of aromatic nitrogens is 2. The molecule has 10 nitrogen and oxygen atoms in total. The van der Waals surface area contributed by atoms with Crippen LogP contribution in [-0.2, 0) is 11.3 Å². The minimum atomic E-state index is -1.37. The second-order valence-electron chi connectivity index (χ2n) is 9.09. The number of benzene rings is 2.